The Morgan fingerprint density at radius 1 is 1.04 bits per heavy atom. The van der Waals surface area contributed by atoms with Gasteiger partial charge in [0, 0.05) is 12.4 Å². The van der Waals surface area contributed by atoms with Crippen molar-refractivity contribution in [2.24, 2.45) is 0 Å². The number of nitrogens with zero attached hydrogens (tertiary/aromatic N) is 2. The average Bonchev–Trinajstić information content (AvgIpc) is 3.15. The lowest BCUT2D eigenvalue weighted by Gasteiger charge is -2.36. The van der Waals surface area contributed by atoms with E-state index >= 15 is 0 Å². The highest BCUT2D eigenvalue weighted by Crippen LogP contribution is 2.43. The maximum absolute atomic E-state index is 13.1. The van der Waals surface area contributed by atoms with Crippen molar-refractivity contribution in [1.82, 2.24) is 15.4 Å². The van der Waals surface area contributed by atoms with E-state index in [4.69, 9.17) is 9.47 Å². The lowest BCUT2D eigenvalue weighted by Crippen LogP contribution is -2.48. The Kier molecular flexibility index (Phi) is 4.13. The lowest BCUT2D eigenvalue weighted by molar-refractivity contribution is -0.127. The molecule has 0 spiro atoms. The summed E-state index contributed by atoms with van der Waals surface area (Å²) >= 11 is 0. The third-order valence-corrected chi connectivity index (χ3v) is 4.92. The zero-order valence-corrected chi connectivity index (χ0v) is 13.8. The number of nitrogens with one attached hydrogen (secondary N) is 2. The number of carbonyl (C=O) groups excluding carboxylic acids is 1. The molecule has 130 valence electrons. The maximum atomic E-state index is 13.1. The second-order valence-corrected chi connectivity index (χ2v) is 6.36. The summed E-state index contributed by atoms with van der Waals surface area (Å²) in [6.07, 6.45) is 8.03. The molecule has 7 nitrogen and oxygen atoms in total. The van der Waals surface area contributed by atoms with E-state index in [9.17, 15) is 4.79 Å². The van der Waals surface area contributed by atoms with Crippen molar-refractivity contribution < 1.29 is 14.3 Å². The molecule has 1 aromatic heterocycles. The predicted octanol–water partition coefficient (Wildman–Crippen LogP) is 2.55. The Morgan fingerprint density at radius 3 is 2.60 bits per heavy atom. The second-order valence-electron chi connectivity index (χ2n) is 6.36. The Labute approximate surface area is 145 Å². The average molecular weight is 340 g/mol. The SMILES string of the molecule is O=C(NNc1ncccn1)C1(c2ccc3c(c2)OCO3)CCCCC1. The summed E-state index contributed by atoms with van der Waals surface area (Å²) in [5.74, 6) is 1.73. The molecule has 1 saturated carbocycles. The van der Waals surface area contributed by atoms with Gasteiger partial charge in [0.25, 0.3) is 0 Å². The van der Waals surface area contributed by atoms with E-state index in [0.717, 1.165) is 43.4 Å². The molecule has 0 radical (unpaired) electrons. The summed E-state index contributed by atoms with van der Waals surface area (Å²) in [5, 5.41) is 0. The first kappa shape index (κ1) is 15.7. The van der Waals surface area contributed by atoms with Gasteiger partial charge in [0.1, 0.15) is 0 Å². The van der Waals surface area contributed by atoms with Crippen LogP contribution in [0.3, 0.4) is 0 Å². The molecule has 2 aliphatic rings. The fourth-order valence-electron chi connectivity index (χ4n) is 3.59. The number of rotatable bonds is 4. The third kappa shape index (κ3) is 2.97. The van der Waals surface area contributed by atoms with Crippen LogP contribution in [0.4, 0.5) is 5.95 Å². The van der Waals surface area contributed by atoms with E-state index in [0.29, 0.717) is 11.7 Å². The molecule has 1 amide bonds. The van der Waals surface area contributed by atoms with Crippen LogP contribution in [-0.2, 0) is 10.2 Å². The predicted molar refractivity (Wildman–Crippen MR) is 91.1 cm³/mol. The number of carbonyl (C=O) groups is 1. The number of hydrogen-bond donors (Lipinski definition) is 2. The third-order valence-electron chi connectivity index (χ3n) is 4.92. The smallest absolute Gasteiger partial charge is 0.249 e. The molecular formula is C18H20N4O3. The van der Waals surface area contributed by atoms with E-state index in [1.807, 2.05) is 18.2 Å². The summed E-state index contributed by atoms with van der Waals surface area (Å²) in [4.78, 5) is 21.2. The van der Waals surface area contributed by atoms with Gasteiger partial charge in [-0.2, -0.15) is 0 Å². The minimum Gasteiger partial charge on any atom is -0.454 e. The molecule has 1 aliphatic carbocycles. The molecular weight excluding hydrogens is 320 g/mol. The number of anilines is 1. The summed E-state index contributed by atoms with van der Waals surface area (Å²) in [6.45, 7) is 0.227. The Balaban J connectivity index is 1.59. The summed E-state index contributed by atoms with van der Waals surface area (Å²) in [5.41, 5.74) is 5.98. The highest BCUT2D eigenvalue weighted by atomic mass is 16.7. The molecule has 2 heterocycles. The molecule has 0 unspecified atom stereocenters. The maximum Gasteiger partial charge on any atom is 0.249 e. The summed E-state index contributed by atoms with van der Waals surface area (Å²) in [6, 6.07) is 7.51. The van der Waals surface area contributed by atoms with Gasteiger partial charge >= 0.3 is 0 Å². The van der Waals surface area contributed by atoms with Crippen molar-refractivity contribution in [2.45, 2.75) is 37.5 Å². The molecule has 0 bridgehead atoms. The van der Waals surface area contributed by atoms with E-state index < -0.39 is 5.41 Å². The molecule has 4 rings (SSSR count). The van der Waals surface area contributed by atoms with Crippen molar-refractivity contribution in [2.75, 3.05) is 12.2 Å². The lowest BCUT2D eigenvalue weighted by atomic mass is 9.69. The van der Waals surface area contributed by atoms with E-state index in [2.05, 4.69) is 20.8 Å². The zero-order chi connectivity index (χ0) is 17.1. The standard InChI is InChI=1S/C18H20N4O3/c23-16(21-22-17-19-9-4-10-20-17)18(7-2-1-3-8-18)13-5-6-14-15(11-13)25-12-24-14/h4-6,9-11H,1-3,7-8,12H2,(H,21,23)(H,19,20,22). The largest absolute Gasteiger partial charge is 0.454 e. The first-order valence-corrected chi connectivity index (χ1v) is 8.52. The molecule has 1 fully saturated rings. The van der Waals surface area contributed by atoms with Crippen LogP contribution in [0.1, 0.15) is 37.7 Å². The number of amides is 1. The van der Waals surface area contributed by atoms with Crippen LogP contribution in [0.5, 0.6) is 11.5 Å². The second kappa shape index (κ2) is 6.58. The summed E-state index contributed by atoms with van der Waals surface area (Å²) in [7, 11) is 0. The first-order chi connectivity index (χ1) is 12.3. The summed E-state index contributed by atoms with van der Waals surface area (Å²) < 4.78 is 10.9. The van der Waals surface area contributed by atoms with Crippen molar-refractivity contribution in [3.8, 4) is 11.5 Å². The highest BCUT2D eigenvalue weighted by molar-refractivity contribution is 5.89. The minimum atomic E-state index is -0.582. The Hall–Kier alpha value is -2.83. The molecule has 2 N–H and O–H groups in total. The zero-order valence-electron chi connectivity index (χ0n) is 13.8. The van der Waals surface area contributed by atoms with Gasteiger partial charge in [-0.15, -0.1) is 0 Å². The number of hydrazine groups is 1. The van der Waals surface area contributed by atoms with Crippen molar-refractivity contribution >= 4 is 11.9 Å². The van der Waals surface area contributed by atoms with Gasteiger partial charge in [-0.1, -0.05) is 25.3 Å². The Morgan fingerprint density at radius 2 is 1.80 bits per heavy atom. The fraction of sp³-hybridized carbons (Fsp3) is 0.389. The van der Waals surface area contributed by atoms with Gasteiger partial charge in [-0.05, 0) is 36.6 Å². The van der Waals surface area contributed by atoms with E-state index in [1.54, 1.807) is 18.5 Å². The van der Waals surface area contributed by atoms with Crippen molar-refractivity contribution in [1.29, 1.82) is 0 Å². The first-order valence-electron chi connectivity index (χ1n) is 8.52. The monoisotopic (exact) mass is 340 g/mol. The van der Waals surface area contributed by atoms with Crippen LogP contribution in [0.25, 0.3) is 0 Å². The molecule has 0 atom stereocenters. The molecule has 7 heteroatoms. The fourth-order valence-corrected chi connectivity index (χ4v) is 3.59. The van der Waals surface area contributed by atoms with Gasteiger partial charge in [-0.25, -0.2) is 9.97 Å². The molecule has 1 aliphatic heterocycles. The number of benzene rings is 1. The van der Waals surface area contributed by atoms with E-state index in [-0.39, 0.29) is 12.7 Å². The quantitative estimate of drug-likeness (QED) is 0.832. The van der Waals surface area contributed by atoms with Crippen LogP contribution in [0, 0.1) is 0 Å². The van der Waals surface area contributed by atoms with E-state index in [1.165, 1.54) is 0 Å². The van der Waals surface area contributed by atoms with Gasteiger partial charge in [0.15, 0.2) is 11.5 Å². The molecule has 1 aromatic carbocycles. The van der Waals surface area contributed by atoms with Crippen LogP contribution in [-0.4, -0.2) is 22.7 Å². The van der Waals surface area contributed by atoms with Crippen LogP contribution in [0.15, 0.2) is 36.7 Å². The molecule has 0 saturated heterocycles. The van der Waals surface area contributed by atoms with Crippen molar-refractivity contribution in [3.05, 3.63) is 42.2 Å². The topological polar surface area (TPSA) is 85.4 Å². The van der Waals surface area contributed by atoms with Crippen LogP contribution in [0.2, 0.25) is 0 Å². The highest BCUT2D eigenvalue weighted by Gasteiger charge is 2.42. The number of aromatic nitrogens is 2. The molecule has 2 aromatic rings. The van der Waals surface area contributed by atoms with Crippen LogP contribution >= 0.6 is 0 Å². The Bertz CT molecular complexity index is 760. The van der Waals surface area contributed by atoms with Gasteiger partial charge in [0.05, 0.1) is 5.41 Å². The molecule has 25 heavy (non-hydrogen) atoms. The normalized spacial score (nSPS) is 17.8. The number of hydrogen-bond acceptors (Lipinski definition) is 6. The van der Waals surface area contributed by atoms with Crippen LogP contribution < -0.4 is 20.3 Å². The number of ether oxygens (including phenoxy) is 2. The number of fused-ring (bicyclic) bond motifs is 1. The minimum absolute atomic E-state index is 0.0708. The van der Waals surface area contributed by atoms with Gasteiger partial charge in [0.2, 0.25) is 18.6 Å². The van der Waals surface area contributed by atoms with Gasteiger partial charge < -0.3 is 9.47 Å². The van der Waals surface area contributed by atoms with Gasteiger partial charge in [-0.3, -0.25) is 15.6 Å². The van der Waals surface area contributed by atoms with Crippen molar-refractivity contribution in [3.63, 3.8) is 0 Å².